The number of thioether (sulfide) groups is 1. The van der Waals surface area contributed by atoms with Crippen LogP contribution < -0.4 is 38.1 Å². The Balaban J connectivity index is 0.00000748. The molecule has 84 heavy (non-hydrogen) atoms. The molecule has 0 radical (unpaired) electrons. The van der Waals surface area contributed by atoms with Crippen LogP contribution in [0.2, 0.25) is 0 Å². The standard InChI is InChI=1S/C54H79N9O18S.CH5N/c1-29(76-26-30-10-14-32(15-11-30)62(72)73)59-38-22-39(60-48(69)41(65)25-58-50(70)81-53(5,6)7)46(79-49-45(68)36(54(8,9)28-77-49)21-43(66)80-52(2,3)4)44(67)35(38)20-42-37(19-18-34(78-42)23-57-24-40(64)47(55)56)61-51(71)82-27-31-12-16-33(17-13-31)63(74)75;1-2/h10-18,35-42,44-46,49,57,59,64-65,67-68H,1,19-28H2,2-9H3,(H3,55,56)(H,58,70)(H,60,69)(H,61,71);2H2,1H3/t35-,36-,37-,38?,39?,40?,41+,42-,44+,45?,46+,49?;/m1./s1. The smallest absolute Gasteiger partial charge is 0.407 e. The summed E-state index contributed by atoms with van der Waals surface area (Å²) in [5.74, 6) is -3.44. The van der Waals surface area contributed by atoms with Crippen LogP contribution in [-0.2, 0) is 50.4 Å². The van der Waals surface area contributed by atoms with Crippen LogP contribution in [0, 0.1) is 42.9 Å². The van der Waals surface area contributed by atoms with E-state index < -0.39 is 135 Å². The van der Waals surface area contributed by atoms with E-state index in [0.29, 0.717) is 16.9 Å². The minimum Gasteiger partial charge on any atom is -0.492 e. The number of hydrogen-bond acceptors (Lipinski definition) is 23. The molecule has 2 aromatic carbocycles. The number of rotatable bonds is 25. The average molecular weight is 1210 g/mol. The van der Waals surface area contributed by atoms with Gasteiger partial charge in [-0.15, -0.1) is 0 Å². The summed E-state index contributed by atoms with van der Waals surface area (Å²) in [6.45, 7) is 16.8. The zero-order valence-electron chi connectivity index (χ0n) is 48.9. The molecule has 2 heterocycles. The summed E-state index contributed by atoms with van der Waals surface area (Å²) >= 11 is 0.894. The molecule has 0 aromatic heterocycles. The second kappa shape index (κ2) is 31.4. The minimum atomic E-state index is -1.88. The molecule has 3 amide bonds. The number of carbonyl (C=O) groups is 4. The molecule has 5 unspecified atom stereocenters. The summed E-state index contributed by atoms with van der Waals surface area (Å²) in [5, 5.41) is 90.5. The molecule has 28 nitrogen and oxygen atoms in total. The maximum absolute atomic E-state index is 14.0. The van der Waals surface area contributed by atoms with Gasteiger partial charge in [0.25, 0.3) is 22.5 Å². The van der Waals surface area contributed by atoms with E-state index in [2.05, 4.69) is 38.9 Å². The number of hydrogen-bond donors (Lipinski definition) is 12. The van der Waals surface area contributed by atoms with E-state index in [0.717, 1.165) is 11.8 Å². The van der Waals surface area contributed by atoms with E-state index in [9.17, 15) is 59.8 Å². The third kappa shape index (κ3) is 22.1. The van der Waals surface area contributed by atoms with Crippen molar-refractivity contribution >= 4 is 52.2 Å². The lowest BCUT2D eigenvalue weighted by atomic mass is 9.72. The fourth-order valence-electron chi connectivity index (χ4n) is 9.45. The normalized spacial score (nSPS) is 24.6. The van der Waals surface area contributed by atoms with Crippen molar-refractivity contribution in [3.05, 3.63) is 104 Å². The number of nitrogens with two attached hydrogens (primary N) is 2. The second-order valence-corrected chi connectivity index (χ2v) is 24.0. The van der Waals surface area contributed by atoms with Gasteiger partial charge in [-0.1, -0.05) is 37.7 Å². The van der Waals surface area contributed by atoms with Crippen LogP contribution in [0.15, 0.2) is 72.8 Å². The number of alkyl carbamates (subject to hydrolysis) is 1. The molecule has 2 fully saturated rings. The van der Waals surface area contributed by atoms with Crippen LogP contribution in [0.5, 0.6) is 0 Å². The fourth-order valence-corrected chi connectivity index (χ4v) is 10.2. The van der Waals surface area contributed by atoms with Crippen molar-refractivity contribution in [3.63, 3.8) is 0 Å². The lowest BCUT2D eigenvalue weighted by molar-refractivity contribution is -0.385. The number of non-ortho nitro benzene ring substituents is 2. The van der Waals surface area contributed by atoms with Crippen LogP contribution in [0.25, 0.3) is 0 Å². The van der Waals surface area contributed by atoms with Gasteiger partial charge in [-0.05, 0) is 109 Å². The number of esters is 1. The number of nitrogens with zero attached hydrogens (tertiary/aromatic N) is 2. The Hall–Kier alpha value is -6.70. The Bertz CT molecular complexity index is 2600. The van der Waals surface area contributed by atoms with Gasteiger partial charge in [-0.2, -0.15) is 0 Å². The Morgan fingerprint density at radius 2 is 1.45 bits per heavy atom. The highest BCUT2D eigenvalue weighted by Crippen LogP contribution is 2.42. The summed E-state index contributed by atoms with van der Waals surface area (Å²) in [4.78, 5) is 75.1. The summed E-state index contributed by atoms with van der Waals surface area (Å²) < 4.78 is 36.2. The van der Waals surface area contributed by atoms with Crippen molar-refractivity contribution in [2.45, 2.75) is 166 Å². The van der Waals surface area contributed by atoms with Gasteiger partial charge in [-0.3, -0.25) is 40.0 Å². The molecular weight excluding hydrogens is 1120 g/mol. The van der Waals surface area contributed by atoms with Crippen LogP contribution in [0.1, 0.15) is 92.2 Å². The number of nitro groups is 2. The first-order chi connectivity index (χ1) is 39.3. The topological polar surface area (TPSA) is 427 Å². The second-order valence-electron chi connectivity index (χ2n) is 23.1. The predicted molar refractivity (Wildman–Crippen MR) is 308 cm³/mol. The zero-order valence-corrected chi connectivity index (χ0v) is 49.7. The Labute approximate surface area is 492 Å². The molecule has 12 atom stereocenters. The Morgan fingerprint density at radius 1 is 0.857 bits per heavy atom. The largest absolute Gasteiger partial charge is 0.492 e. The molecule has 29 heteroatoms. The van der Waals surface area contributed by atoms with E-state index in [4.69, 9.17) is 39.6 Å². The molecule has 14 N–H and O–H groups in total. The van der Waals surface area contributed by atoms with Gasteiger partial charge in [-0.25, -0.2) is 4.79 Å². The number of carbonyl (C=O) groups excluding carboxylic acids is 4. The first-order valence-corrected chi connectivity index (χ1v) is 28.2. The quantitative estimate of drug-likeness (QED) is 0.0170. The first kappa shape index (κ1) is 69.8. The Morgan fingerprint density at radius 3 is 2.02 bits per heavy atom. The summed E-state index contributed by atoms with van der Waals surface area (Å²) in [6.07, 6.45) is -9.87. The highest BCUT2D eigenvalue weighted by molar-refractivity contribution is 8.12. The van der Waals surface area contributed by atoms with Crippen molar-refractivity contribution in [1.29, 1.82) is 5.41 Å². The van der Waals surface area contributed by atoms with E-state index >= 15 is 0 Å². The average Bonchev–Trinajstić information content (AvgIpc) is 1.73. The highest BCUT2D eigenvalue weighted by Gasteiger charge is 2.52. The first-order valence-electron chi connectivity index (χ1n) is 27.2. The number of nitro benzene ring substituents is 2. The van der Waals surface area contributed by atoms with Crippen molar-refractivity contribution in [2.75, 3.05) is 33.3 Å². The van der Waals surface area contributed by atoms with Gasteiger partial charge in [0.2, 0.25) is 0 Å². The van der Waals surface area contributed by atoms with Crippen molar-refractivity contribution in [3.8, 4) is 0 Å². The molecule has 1 aliphatic carbocycles. The minimum absolute atomic E-state index is 0.0290. The number of benzene rings is 2. The summed E-state index contributed by atoms with van der Waals surface area (Å²) in [5.41, 5.74) is 8.32. The lowest BCUT2D eigenvalue weighted by Gasteiger charge is -2.50. The maximum Gasteiger partial charge on any atom is 0.407 e. The molecule has 468 valence electrons. The SMILES string of the molecule is C=C(NC1CC(NC(=O)[C@@H](O)CNC(=O)OC(C)(C)C)[C@H](OC2OCC(C)(C)[C@H](CC(=O)OC(C)(C)C)C2O)[C@@H](O)[C@@H]1C[C@H]1OC(CNCC(O)C(=N)N)=CC[C@H]1NC(=O)SCc1ccc([N+](=O)[O-])cc1)OCc1ccc([N+](=O)[O-])cc1.CN. The van der Waals surface area contributed by atoms with Gasteiger partial charge in [0.05, 0.1) is 54.2 Å². The lowest BCUT2D eigenvalue weighted by Crippen LogP contribution is -2.66. The third-order valence-corrected chi connectivity index (χ3v) is 14.5. The van der Waals surface area contributed by atoms with Gasteiger partial charge in [0.1, 0.15) is 59.9 Å². The Kier molecular flexibility index (Phi) is 26.1. The van der Waals surface area contributed by atoms with Crippen LogP contribution >= 0.6 is 11.8 Å². The van der Waals surface area contributed by atoms with Gasteiger partial charge in [0.15, 0.2) is 12.2 Å². The molecule has 3 aliphatic rings. The molecule has 1 saturated heterocycles. The van der Waals surface area contributed by atoms with E-state index in [1.807, 2.05) is 0 Å². The molecular formula is C55H84N10O18S. The van der Waals surface area contributed by atoms with Crippen LogP contribution in [-0.4, -0.2) is 165 Å². The molecule has 0 spiro atoms. The van der Waals surface area contributed by atoms with E-state index in [-0.39, 0.29) is 75.0 Å². The number of nitrogens with one attached hydrogen (secondary N) is 6. The fraction of sp³-hybridized carbons (Fsp3) is 0.618. The molecule has 5 rings (SSSR count). The number of amidine groups is 1. The number of aliphatic hydroxyl groups is 4. The molecule has 1 saturated carbocycles. The van der Waals surface area contributed by atoms with Crippen LogP contribution in [0.3, 0.4) is 0 Å². The van der Waals surface area contributed by atoms with Gasteiger partial charge < -0.3 is 86.9 Å². The molecule has 2 aliphatic heterocycles. The highest BCUT2D eigenvalue weighted by atomic mass is 32.2. The van der Waals surface area contributed by atoms with Crippen molar-refractivity contribution in [2.24, 2.45) is 28.7 Å². The number of ether oxygens (including phenoxy) is 6. The summed E-state index contributed by atoms with van der Waals surface area (Å²) in [7, 11) is 1.50. The molecule has 2 aromatic rings. The van der Waals surface area contributed by atoms with E-state index in [1.165, 1.54) is 55.6 Å². The number of amides is 3. The zero-order chi connectivity index (χ0) is 62.9. The van der Waals surface area contributed by atoms with Crippen molar-refractivity contribution < 1.29 is 77.9 Å². The van der Waals surface area contributed by atoms with Gasteiger partial charge >= 0.3 is 12.1 Å². The third-order valence-electron chi connectivity index (χ3n) is 13.7. The molecule has 0 bridgehead atoms. The summed E-state index contributed by atoms with van der Waals surface area (Å²) in [6, 6.07) is 8.33. The van der Waals surface area contributed by atoms with Crippen molar-refractivity contribution in [1.82, 2.24) is 26.6 Å². The van der Waals surface area contributed by atoms with Gasteiger partial charge in [0, 0.05) is 54.4 Å². The van der Waals surface area contributed by atoms with E-state index in [1.54, 1.807) is 61.5 Å². The monoisotopic (exact) mass is 1200 g/mol. The van der Waals surface area contributed by atoms with Crippen LogP contribution in [0.4, 0.5) is 21.0 Å². The maximum atomic E-state index is 14.0. The number of aliphatic hydroxyl groups excluding tert-OH is 4. The predicted octanol–water partition coefficient (Wildman–Crippen LogP) is 3.21.